The number of ether oxygens (including phenoxy) is 1. The zero-order chi connectivity index (χ0) is 22.3. The number of nitrogens with zero attached hydrogens (tertiary/aromatic N) is 2. The van der Waals surface area contributed by atoms with Crippen LogP contribution in [0.1, 0.15) is 39.0 Å². The molecule has 1 fully saturated rings. The molecule has 1 aromatic heterocycles. The summed E-state index contributed by atoms with van der Waals surface area (Å²) >= 11 is 0. The molecule has 1 amide bonds. The number of esters is 1. The lowest BCUT2D eigenvalue weighted by atomic mass is 9.81. The maximum absolute atomic E-state index is 13.5. The van der Waals surface area contributed by atoms with Crippen LogP contribution in [-0.4, -0.2) is 72.0 Å². The van der Waals surface area contributed by atoms with Crippen LogP contribution in [0.3, 0.4) is 0 Å². The molecule has 2 aromatic rings. The van der Waals surface area contributed by atoms with Gasteiger partial charge in [0.25, 0.3) is 0 Å². The van der Waals surface area contributed by atoms with E-state index in [1.165, 1.54) is 0 Å². The number of aromatic nitrogens is 1. The summed E-state index contributed by atoms with van der Waals surface area (Å²) in [5.74, 6) is -0.448. The monoisotopic (exact) mass is 424 g/mol. The number of nitrogens with one attached hydrogen (secondary N) is 2. The van der Waals surface area contributed by atoms with Crippen molar-refractivity contribution in [2.24, 2.45) is 0 Å². The maximum atomic E-state index is 13.5. The smallest absolute Gasteiger partial charge is 0.342 e. The van der Waals surface area contributed by atoms with Crippen LogP contribution in [0.4, 0.5) is 0 Å². The minimum atomic E-state index is -0.424. The lowest BCUT2D eigenvalue weighted by molar-refractivity contribution is -0.140. The first kappa shape index (κ1) is 21.6. The summed E-state index contributed by atoms with van der Waals surface area (Å²) in [5.41, 5.74) is 2.77. The Morgan fingerprint density at radius 2 is 1.97 bits per heavy atom. The highest BCUT2D eigenvalue weighted by Crippen LogP contribution is 2.40. The fourth-order valence-electron chi connectivity index (χ4n) is 4.65. The predicted octanol–water partition coefficient (Wildman–Crippen LogP) is 2.48. The third kappa shape index (κ3) is 4.12. The number of aromatic amines is 1. The van der Waals surface area contributed by atoms with Crippen LogP contribution >= 0.6 is 0 Å². The first-order chi connectivity index (χ1) is 14.7. The van der Waals surface area contributed by atoms with E-state index < -0.39 is 5.97 Å². The van der Waals surface area contributed by atoms with Gasteiger partial charge in [-0.2, -0.15) is 0 Å². The van der Waals surface area contributed by atoms with E-state index in [-0.39, 0.29) is 23.5 Å². The quantitative estimate of drug-likeness (QED) is 0.741. The lowest BCUT2D eigenvalue weighted by Gasteiger charge is -2.35. The van der Waals surface area contributed by atoms with Gasteiger partial charge in [0.1, 0.15) is 6.04 Å². The van der Waals surface area contributed by atoms with Gasteiger partial charge in [-0.1, -0.05) is 32.0 Å². The van der Waals surface area contributed by atoms with E-state index in [0.717, 1.165) is 35.2 Å². The van der Waals surface area contributed by atoms with E-state index >= 15 is 0 Å². The van der Waals surface area contributed by atoms with Gasteiger partial charge in [0.2, 0.25) is 5.91 Å². The number of hydrogen-bond acceptors (Lipinski definition) is 5. The Bertz CT molecular complexity index is 1040. The van der Waals surface area contributed by atoms with Crippen LogP contribution in [0.15, 0.2) is 30.5 Å². The largest absolute Gasteiger partial charge is 0.459 e. The van der Waals surface area contributed by atoms with Crippen molar-refractivity contribution in [2.45, 2.75) is 45.3 Å². The zero-order valence-electron chi connectivity index (χ0n) is 19.0. The molecule has 1 saturated heterocycles. The van der Waals surface area contributed by atoms with Gasteiger partial charge in [0, 0.05) is 48.7 Å². The Labute approximate surface area is 183 Å². The summed E-state index contributed by atoms with van der Waals surface area (Å²) in [4.78, 5) is 33.9. The SMILES string of the molecule is CC(C)OC(=O)C1=CN(C(=O)C2CN(C)CCN2)CC(C)(C)c2c1[nH]c1ccccc21. The molecule has 166 valence electrons. The Morgan fingerprint density at radius 1 is 1.23 bits per heavy atom. The second-order valence-corrected chi connectivity index (χ2v) is 9.54. The molecule has 2 N–H and O–H groups in total. The van der Waals surface area contributed by atoms with E-state index in [1.807, 2.05) is 39.1 Å². The first-order valence-corrected chi connectivity index (χ1v) is 10.9. The second kappa shape index (κ2) is 8.13. The van der Waals surface area contributed by atoms with E-state index in [9.17, 15) is 9.59 Å². The molecule has 4 rings (SSSR count). The Balaban J connectivity index is 1.82. The van der Waals surface area contributed by atoms with E-state index in [1.54, 1.807) is 11.1 Å². The van der Waals surface area contributed by atoms with Gasteiger partial charge < -0.3 is 24.8 Å². The number of hydrogen-bond donors (Lipinski definition) is 2. The summed E-state index contributed by atoms with van der Waals surface area (Å²) in [6, 6.07) is 7.74. The molecule has 7 heteroatoms. The molecule has 0 spiro atoms. The number of carbonyl (C=O) groups is 2. The molecule has 2 aliphatic heterocycles. The standard InChI is InChI=1S/C24H32N4O3/c1-15(2)31-23(30)17-12-28(22(29)19-13-27(5)11-10-25-19)14-24(3,4)20-16-8-6-7-9-18(16)26-21(17)20/h6-9,12,15,19,25-26H,10-11,13-14H2,1-5H3. The number of amides is 1. The van der Waals surface area contributed by atoms with Gasteiger partial charge in [0.15, 0.2) is 0 Å². The van der Waals surface area contributed by atoms with Crippen molar-refractivity contribution in [1.82, 2.24) is 20.1 Å². The van der Waals surface area contributed by atoms with Crippen LogP contribution in [-0.2, 0) is 19.7 Å². The number of benzene rings is 1. The van der Waals surface area contributed by atoms with Crippen molar-refractivity contribution < 1.29 is 14.3 Å². The van der Waals surface area contributed by atoms with Crippen molar-refractivity contribution >= 4 is 28.4 Å². The molecular weight excluding hydrogens is 392 g/mol. The maximum Gasteiger partial charge on any atom is 0.342 e. The van der Waals surface area contributed by atoms with Crippen molar-refractivity contribution in [3.8, 4) is 0 Å². The van der Waals surface area contributed by atoms with E-state index in [2.05, 4.69) is 35.1 Å². The Kier molecular flexibility index (Phi) is 5.66. The molecule has 1 aromatic carbocycles. The molecule has 7 nitrogen and oxygen atoms in total. The highest BCUT2D eigenvalue weighted by molar-refractivity contribution is 6.18. The summed E-state index contributed by atoms with van der Waals surface area (Å²) in [5, 5.41) is 4.39. The minimum Gasteiger partial charge on any atom is -0.459 e. The van der Waals surface area contributed by atoms with Crippen molar-refractivity contribution in [3.63, 3.8) is 0 Å². The topological polar surface area (TPSA) is 77.7 Å². The summed E-state index contributed by atoms with van der Waals surface area (Å²) in [6.45, 7) is 10.7. The van der Waals surface area contributed by atoms with Crippen molar-refractivity contribution in [3.05, 3.63) is 41.7 Å². The molecule has 1 atom stereocenters. The third-order valence-electron chi connectivity index (χ3n) is 6.03. The minimum absolute atomic E-state index is 0.0241. The Morgan fingerprint density at radius 3 is 2.68 bits per heavy atom. The molecule has 2 aliphatic rings. The number of carbonyl (C=O) groups excluding carboxylic acids is 2. The van der Waals surface area contributed by atoms with Gasteiger partial charge in [-0.25, -0.2) is 4.79 Å². The summed E-state index contributed by atoms with van der Waals surface area (Å²) in [7, 11) is 2.02. The zero-order valence-corrected chi connectivity index (χ0v) is 19.0. The molecule has 0 aliphatic carbocycles. The highest BCUT2D eigenvalue weighted by atomic mass is 16.5. The number of rotatable bonds is 3. The van der Waals surface area contributed by atoms with Crippen LogP contribution in [0, 0.1) is 0 Å². The normalized spacial score (nSPS) is 21.5. The fourth-order valence-corrected chi connectivity index (χ4v) is 4.65. The van der Waals surface area contributed by atoms with Gasteiger partial charge in [0.05, 0.1) is 17.4 Å². The lowest BCUT2D eigenvalue weighted by Crippen LogP contribution is -2.57. The second-order valence-electron chi connectivity index (χ2n) is 9.54. The average molecular weight is 425 g/mol. The average Bonchev–Trinajstić information content (AvgIpc) is 3.04. The highest BCUT2D eigenvalue weighted by Gasteiger charge is 2.39. The number of H-pyrrole nitrogens is 1. The van der Waals surface area contributed by atoms with E-state index in [4.69, 9.17) is 4.74 Å². The Hall–Kier alpha value is -2.64. The molecule has 1 unspecified atom stereocenters. The molecule has 3 heterocycles. The van der Waals surface area contributed by atoms with Crippen molar-refractivity contribution in [1.29, 1.82) is 0 Å². The van der Waals surface area contributed by atoms with E-state index in [0.29, 0.717) is 18.7 Å². The molecule has 0 bridgehead atoms. The van der Waals surface area contributed by atoms with Gasteiger partial charge in [-0.05, 0) is 32.5 Å². The van der Waals surface area contributed by atoms with Crippen LogP contribution < -0.4 is 5.32 Å². The number of likely N-dealkylation sites (N-methyl/N-ethyl adjacent to an activating group) is 1. The molecule has 31 heavy (non-hydrogen) atoms. The first-order valence-electron chi connectivity index (χ1n) is 10.9. The third-order valence-corrected chi connectivity index (χ3v) is 6.03. The van der Waals surface area contributed by atoms with Gasteiger partial charge >= 0.3 is 5.97 Å². The summed E-state index contributed by atoms with van der Waals surface area (Å²) in [6.07, 6.45) is 1.43. The molecule has 0 saturated carbocycles. The number of para-hydroxylation sites is 1. The van der Waals surface area contributed by atoms with Crippen LogP contribution in [0.25, 0.3) is 16.5 Å². The van der Waals surface area contributed by atoms with Gasteiger partial charge in [-0.15, -0.1) is 0 Å². The summed E-state index contributed by atoms with van der Waals surface area (Å²) < 4.78 is 5.57. The fraction of sp³-hybridized carbons (Fsp3) is 0.500. The number of piperazine rings is 1. The molecular formula is C24H32N4O3. The van der Waals surface area contributed by atoms with Crippen LogP contribution in [0.5, 0.6) is 0 Å². The van der Waals surface area contributed by atoms with Gasteiger partial charge in [-0.3, -0.25) is 4.79 Å². The predicted molar refractivity (Wildman–Crippen MR) is 122 cm³/mol. The molecule has 0 radical (unpaired) electrons. The number of fused-ring (bicyclic) bond motifs is 3. The van der Waals surface area contributed by atoms with Crippen LogP contribution in [0.2, 0.25) is 0 Å². The van der Waals surface area contributed by atoms with Crippen molar-refractivity contribution in [2.75, 3.05) is 33.2 Å².